The SMILES string of the molecule is C=C/C=C\C(=NC)C(=O)NCCC1CC(=O)C(c2c(C)cc(-n3cc(Cl)nn3)cc2C)C1=O. The lowest BCUT2D eigenvalue weighted by molar-refractivity contribution is -0.125. The zero-order valence-electron chi connectivity index (χ0n) is 18.8. The fraction of sp³-hybridized carbons (Fsp3) is 0.333. The number of halogens is 1. The van der Waals surface area contributed by atoms with Crippen molar-refractivity contribution in [2.75, 3.05) is 13.6 Å². The molecular weight excluding hydrogens is 442 g/mol. The summed E-state index contributed by atoms with van der Waals surface area (Å²) in [4.78, 5) is 42.2. The van der Waals surface area contributed by atoms with Gasteiger partial charge in [0.05, 0.1) is 11.9 Å². The summed E-state index contributed by atoms with van der Waals surface area (Å²) < 4.78 is 1.55. The Bertz CT molecular complexity index is 1140. The fourth-order valence-electron chi connectivity index (χ4n) is 4.17. The van der Waals surface area contributed by atoms with Crippen molar-refractivity contribution in [3.8, 4) is 5.69 Å². The van der Waals surface area contributed by atoms with Gasteiger partial charge < -0.3 is 5.32 Å². The molecule has 1 fully saturated rings. The van der Waals surface area contributed by atoms with E-state index in [0.29, 0.717) is 6.42 Å². The molecule has 1 saturated carbocycles. The monoisotopic (exact) mass is 467 g/mol. The molecule has 3 rings (SSSR count). The molecule has 2 aromatic rings. The number of ketones is 2. The Hall–Kier alpha value is -3.39. The highest BCUT2D eigenvalue weighted by Gasteiger charge is 2.42. The Labute approximate surface area is 197 Å². The Balaban J connectivity index is 1.71. The molecule has 0 bridgehead atoms. The van der Waals surface area contributed by atoms with Crippen LogP contribution < -0.4 is 5.32 Å². The third-order valence-corrected chi connectivity index (χ3v) is 5.87. The highest BCUT2D eigenvalue weighted by molar-refractivity contribution is 6.43. The number of hydrogen-bond donors (Lipinski definition) is 1. The second kappa shape index (κ2) is 10.5. The molecule has 1 aromatic heterocycles. The molecule has 1 amide bonds. The summed E-state index contributed by atoms with van der Waals surface area (Å²) in [5.74, 6) is -1.75. The molecule has 1 heterocycles. The number of aryl methyl sites for hydroxylation is 2. The van der Waals surface area contributed by atoms with E-state index in [-0.39, 0.29) is 41.3 Å². The molecule has 8 nitrogen and oxygen atoms in total. The van der Waals surface area contributed by atoms with E-state index in [2.05, 4.69) is 27.2 Å². The minimum absolute atomic E-state index is 0.0937. The Morgan fingerprint density at radius 3 is 2.61 bits per heavy atom. The second-order valence-electron chi connectivity index (χ2n) is 7.93. The van der Waals surface area contributed by atoms with Crippen LogP contribution in [0.1, 0.15) is 35.4 Å². The van der Waals surface area contributed by atoms with Crippen LogP contribution in [-0.2, 0) is 14.4 Å². The number of Topliss-reactive ketones (excluding diaryl/α,β-unsaturated/α-hetero) is 2. The van der Waals surface area contributed by atoms with Crippen LogP contribution in [0.5, 0.6) is 0 Å². The molecule has 1 aromatic carbocycles. The minimum Gasteiger partial charge on any atom is -0.351 e. The van der Waals surface area contributed by atoms with Gasteiger partial charge in [-0.3, -0.25) is 19.4 Å². The number of nitrogens with zero attached hydrogens (tertiary/aromatic N) is 4. The van der Waals surface area contributed by atoms with Gasteiger partial charge in [0, 0.05) is 25.9 Å². The number of aliphatic imine (C=N–C) groups is 1. The number of nitrogens with one attached hydrogen (secondary N) is 1. The summed E-state index contributed by atoms with van der Waals surface area (Å²) in [7, 11) is 1.53. The third kappa shape index (κ3) is 5.34. The molecule has 0 radical (unpaired) electrons. The largest absolute Gasteiger partial charge is 0.351 e. The fourth-order valence-corrected chi connectivity index (χ4v) is 4.30. The molecule has 0 aliphatic heterocycles. The molecular formula is C24H26ClN5O3. The van der Waals surface area contributed by atoms with Gasteiger partial charge in [0.2, 0.25) is 0 Å². The van der Waals surface area contributed by atoms with Gasteiger partial charge in [-0.25, -0.2) is 4.68 Å². The number of carbonyl (C=O) groups excluding carboxylic acids is 3. The maximum atomic E-state index is 13.2. The van der Waals surface area contributed by atoms with Gasteiger partial charge in [0.15, 0.2) is 10.9 Å². The predicted molar refractivity (Wildman–Crippen MR) is 127 cm³/mol. The van der Waals surface area contributed by atoms with Crippen LogP contribution in [0.2, 0.25) is 5.15 Å². The highest BCUT2D eigenvalue weighted by atomic mass is 35.5. The van der Waals surface area contributed by atoms with Crippen molar-refractivity contribution in [2.45, 2.75) is 32.6 Å². The molecule has 0 saturated heterocycles. The van der Waals surface area contributed by atoms with Crippen molar-refractivity contribution >= 4 is 34.8 Å². The maximum Gasteiger partial charge on any atom is 0.269 e. The van der Waals surface area contributed by atoms with Crippen LogP contribution in [0, 0.1) is 19.8 Å². The normalized spacial score (nSPS) is 18.8. The van der Waals surface area contributed by atoms with E-state index < -0.39 is 11.8 Å². The van der Waals surface area contributed by atoms with E-state index in [9.17, 15) is 14.4 Å². The van der Waals surface area contributed by atoms with Crippen molar-refractivity contribution in [1.82, 2.24) is 20.3 Å². The van der Waals surface area contributed by atoms with Gasteiger partial charge in [0.1, 0.15) is 17.4 Å². The van der Waals surface area contributed by atoms with Crippen molar-refractivity contribution in [3.63, 3.8) is 0 Å². The first-order valence-electron chi connectivity index (χ1n) is 10.6. The van der Waals surface area contributed by atoms with Gasteiger partial charge in [-0.15, -0.1) is 5.10 Å². The zero-order chi connectivity index (χ0) is 24.1. The van der Waals surface area contributed by atoms with E-state index >= 15 is 0 Å². The lowest BCUT2D eigenvalue weighted by Crippen LogP contribution is -2.32. The number of aromatic nitrogens is 3. The summed E-state index contributed by atoms with van der Waals surface area (Å²) in [5, 5.41) is 10.8. The van der Waals surface area contributed by atoms with E-state index in [4.69, 9.17) is 11.6 Å². The van der Waals surface area contributed by atoms with Gasteiger partial charge in [-0.2, -0.15) is 0 Å². The van der Waals surface area contributed by atoms with E-state index in [1.54, 1.807) is 29.1 Å². The summed E-state index contributed by atoms with van der Waals surface area (Å²) in [5.41, 5.74) is 3.41. The van der Waals surface area contributed by atoms with Gasteiger partial charge >= 0.3 is 0 Å². The van der Waals surface area contributed by atoms with Crippen molar-refractivity contribution in [3.05, 3.63) is 65.0 Å². The zero-order valence-corrected chi connectivity index (χ0v) is 19.6. The molecule has 172 valence electrons. The van der Waals surface area contributed by atoms with Crippen molar-refractivity contribution in [1.29, 1.82) is 0 Å². The second-order valence-corrected chi connectivity index (χ2v) is 8.32. The standard InChI is InChI=1S/C24H26ClN5O3/c1-5-6-7-18(26-4)24(33)27-9-8-16-12-19(31)22(23(16)32)21-14(2)10-17(11-15(21)3)30-13-20(25)28-29-30/h5-7,10-11,13,16,22H,1,8-9,12H2,2-4H3,(H,27,33)/b7-6-,26-18?. The van der Waals surface area contributed by atoms with Crippen LogP contribution >= 0.6 is 11.6 Å². The Kier molecular flexibility index (Phi) is 7.71. The van der Waals surface area contributed by atoms with Gasteiger partial charge in [0.25, 0.3) is 5.91 Å². The van der Waals surface area contributed by atoms with Crippen LogP contribution in [0.15, 0.2) is 48.1 Å². The van der Waals surface area contributed by atoms with Crippen molar-refractivity contribution < 1.29 is 14.4 Å². The molecule has 33 heavy (non-hydrogen) atoms. The Morgan fingerprint density at radius 2 is 2.03 bits per heavy atom. The Morgan fingerprint density at radius 1 is 1.33 bits per heavy atom. The summed E-state index contributed by atoms with van der Waals surface area (Å²) in [6, 6.07) is 3.73. The quantitative estimate of drug-likeness (QED) is 0.364. The number of hydrogen-bond acceptors (Lipinski definition) is 6. The van der Waals surface area contributed by atoms with Crippen LogP contribution in [0.4, 0.5) is 0 Å². The molecule has 0 spiro atoms. The molecule has 1 aliphatic rings. The van der Waals surface area contributed by atoms with Gasteiger partial charge in [-0.05, 0) is 55.2 Å². The molecule has 9 heteroatoms. The summed E-state index contributed by atoms with van der Waals surface area (Å²) >= 11 is 5.86. The van der Waals surface area contributed by atoms with Crippen LogP contribution in [0.25, 0.3) is 5.69 Å². The summed E-state index contributed by atoms with van der Waals surface area (Å²) in [6.45, 7) is 7.60. The topological polar surface area (TPSA) is 106 Å². The lowest BCUT2D eigenvalue weighted by Gasteiger charge is -2.17. The van der Waals surface area contributed by atoms with Crippen LogP contribution in [-0.4, -0.2) is 51.8 Å². The summed E-state index contributed by atoms with van der Waals surface area (Å²) in [6.07, 6.45) is 6.89. The number of rotatable bonds is 8. The number of carbonyl (C=O) groups is 3. The van der Waals surface area contributed by atoms with Crippen molar-refractivity contribution in [2.24, 2.45) is 10.9 Å². The average Bonchev–Trinajstić information content (AvgIpc) is 3.32. The maximum absolute atomic E-state index is 13.2. The van der Waals surface area contributed by atoms with E-state index in [1.807, 2.05) is 26.0 Å². The van der Waals surface area contributed by atoms with Crippen LogP contribution in [0.3, 0.4) is 0 Å². The molecule has 2 atom stereocenters. The molecule has 2 unspecified atom stereocenters. The lowest BCUT2D eigenvalue weighted by atomic mass is 9.87. The predicted octanol–water partition coefficient (Wildman–Crippen LogP) is 3.10. The molecule has 1 aliphatic carbocycles. The van der Waals surface area contributed by atoms with E-state index in [0.717, 1.165) is 22.4 Å². The highest BCUT2D eigenvalue weighted by Crippen LogP contribution is 2.37. The number of amides is 1. The molecule has 1 N–H and O–H groups in total. The van der Waals surface area contributed by atoms with E-state index in [1.165, 1.54) is 7.05 Å². The van der Waals surface area contributed by atoms with Gasteiger partial charge in [-0.1, -0.05) is 35.5 Å². The average molecular weight is 468 g/mol. The minimum atomic E-state index is -0.789. The third-order valence-electron chi connectivity index (χ3n) is 5.70. The number of benzene rings is 1. The first-order chi connectivity index (χ1) is 15.8. The first-order valence-corrected chi connectivity index (χ1v) is 10.9. The number of allylic oxidation sites excluding steroid dienone is 2. The first kappa shape index (κ1) is 24.3. The smallest absolute Gasteiger partial charge is 0.269 e.